The molecule has 0 radical (unpaired) electrons. The van der Waals surface area contributed by atoms with Crippen molar-refractivity contribution in [3.05, 3.63) is 95.2 Å². The average Bonchev–Trinajstić information content (AvgIpc) is 2.76. The smallest absolute Gasteiger partial charge is 0.127 e. The molecule has 1 aliphatic rings. The maximum Gasteiger partial charge on any atom is 0.127 e. The lowest BCUT2D eigenvalue weighted by molar-refractivity contribution is 0.276. The molecule has 150 valence electrons. The van der Waals surface area contributed by atoms with Crippen molar-refractivity contribution in [1.29, 1.82) is 0 Å². The van der Waals surface area contributed by atoms with Gasteiger partial charge >= 0.3 is 0 Å². The molecule has 0 saturated heterocycles. The molecule has 1 aromatic heterocycles. The van der Waals surface area contributed by atoms with Crippen molar-refractivity contribution in [2.45, 2.75) is 43.0 Å². The Morgan fingerprint density at radius 1 is 1.00 bits per heavy atom. The molecule has 1 saturated carbocycles. The minimum atomic E-state index is -0.466. The Morgan fingerprint density at radius 3 is 2.45 bits per heavy atom. The molecular weight excluding hydrogens is 384 g/mol. The van der Waals surface area contributed by atoms with Gasteiger partial charge in [-0.05, 0) is 74.4 Å². The van der Waals surface area contributed by atoms with E-state index in [1.165, 1.54) is 23.8 Å². The molecule has 0 spiro atoms. The number of thioether (sulfide) groups is 1. The van der Waals surface area contributed by atoms with Crippen molar-refractivity contribution in [2.24, 2.45) is 5.92 Å². The van der Waals surface area contributed by atoms with Gasteiger partial charge in [0.25, 0.3) is 0 Å². The second-order valence-electron chi connectivity index (χ2n) is 7.99. The van der Waals surface area contributed by atoms with Crippen molar-refractivity contribution >= 4 is 11.8 Å². The lowest BCUT2D eigenvalue weighted by Crippen LogP contribution is -2.34. The van der Waals surface area contributed by atoms with Gasteiger partial charge in [0.05, 0.1) is 5.03 Å². The van der Waals surface area contributed by atoms with Crippen LogP contribution in [0.4, 0.5) is 8.78 Å². The average molecular weight is 410 g/mol. The monoisotopic (exact) mass is 409 g/mol. The van der Waals surface area contributed by atoms with E-state index in [4.69, 9.17) is 0 Å². The van der Waals surface area contributed by atoms with E-state index in [-0.39, 0.29) is 11.6 Å². The summed E-state index contributed by atoms with van der Waals surface area (Å²) in [7, 11) is 0. The third-order valence-corrected chi connectivity index (χ3v) is 7.29. The number of aromatic nitrogens is 1. The lowest BCUT2D eigenvalue weighted by Gasteiger charge is -2.41. The SMILES string of the molecule is Cc1ccc(C2(c3cc(F)ccc3F)CCC(CSc3ccccn3)CC2)cc1. The molecule has 3 aromatic rings. The molecule has 4 rings (SSSR count). The standard InChI is InChI=1S/C25H25F2NS/c1-18-5-7-20(8-6-18)25(22-16-21(26)9-10-23(22)27)13-11-19(12-14-25)17-29-24-4-2-3-15-28-24/h2-10,15-16,19H,11-14,17H2,1H3. The zero-order valence-electron chi connectivity index (χ0n) is 16.6. The van der Waals surface area contributed by atoms with E-state index in [1.54, 1.807) is 11.8 Å². The van der Waals surface area contributed by atoms with Gasteiger partial charge in [-0.15, -0.1) is 11.8 Å². The number of nitrogens with zero attached hydrogens (tertiary/aromatic N) is 1. The second-order valence-corrected chi connectivity index (χ2v) is 9.03. The third-order valence-electron chi connectivity index (χ3n) is 6.11. The van der Waals surface area contributed by atoms with E-state index in [0.717, 1.165) is 42.0 Å². The third kappa shape index (κ3) is 4.37. The number of hydrogen-bond donors (Lipinski definition) is 0. The number of benzene rings is 2. The molecule has 29 heavy (non-hydrogen) atoms. The van der Waals surface area contributed by atoms with E-state index >= 15 is 0 Å². The van der Waals surface area contributed by atoms with Gasteiger partial charge in [-0.1, -0.05) is 35.9 Å². The molecule has 0 unspecified atom stereocenters. The first kappa shape index (κ1) is 20.1. The Hall–Kier alpha value is -2.20. The zero-order valence-corrected chi connectivity index (χ0v) is 17.4. The van der Waals surface area contributed by atoms with Crippen LogP contribution in [0.3, 0.4) is 0 Å². The van der Waals surface area contributed by atoms with Crippen LogP contribution in [0.1, 0.15) is 42.4 Å². The number of hydrogen-bond acceptors (Lipinski definition) is 2. The van der Waals surface area contributed by atoms with Crippen molar-refractivity contribution in [2.75, 3.05) is 5.75 Å². The number of rotatable bonds is 5. The van der Waals surface area contributed by atoms with Crippen molar-refractivity contribution in [3.8, 4) is 0 Å². The number of pyridine rings is 1. The summed E-state index contributed by atoms with van der Waals surface area (Å²) in [6, 6.07) is 18.1. The first-order valence-corrected chi connectivity index (χ1v) is 11.1. The summed E-state index contributed by atoms with van der Waals surface area (Å²) in [5, 5.41) is 1.04. The lowest BCUT2D eigenvalue weighted by atomic mass is 9.63. The number of aryl methyl sites for hydroxylation is 1. The maximum atomic E-state index is 14.9. The highest BCUT2D eigenvalue weighted by atomic mass is 32.2. The van der Waals surface area contributed by atoms with Crippen molar-refractivity contribution < 1.29 is 8.78 Å². The van der Waals surface area contributed by atoms with E-state index in [2.05, 4.69) is 29.2 Å². The van der Waals surface area contributed by atoms with Gasteiger partial charge in [-0.2, -0.15) is 0 Å². The minimum Gasteiger partial charge on any atom is -0.250 e. The maximum absolute atomic E-state index is 14.9. The summed E-state index contributed by atoms with van der Waals surface area (Å²) >= 11 is 1.78. The number of halogens is 2. The van der Waals surface area contributed by atoms with Crippen LogP contribution in [-0.2, 0) is 5.41 Å². The Morgan fingerprint density at radius 2 is 1.76 bits per heavy atom. The fraction of sp³-hybridized carbons (Fsp3) is 0.320. The van der Waals surface area contributed by atoms with E-state index < -0.39 is 5.41 Å². The van der Waals surface area contributed by atoms with Crippen LogP contribution in [0, 0.1) is 24.5 Å². The summed E-state index contributed by atoms with van der Waals surface area (Å²) in [6.45, 7) is 2.05. The molecule has 0 atom stereocenters. The van der Waals surface area contributed by atoms with Crippen LogP contribution < -0.4 is 0 Å². The highest BCUT2D eigenvalue weighted by Crippen LogP contribution is 2.48. The Labute approximate surface area is 175 Å². The highest BCUT2D eigenvalue weighted by Gasteiger charge is 2.40. The van der Waals surface area contributed by atoms with E-state index in [1.807, 2.05) is 31.3 Å². The fourth-order valence-corrected chi connectivity index (χ4v) is 5.47. The van der Waals surface area contributed by atoms with Crippen LogP contribution >= 0.6 is 11.8 Å². The Balaban J connectivity index is 1.58. The highest BCUT2D eigenvalue weighted by molar-refractivity contribution is 7.99. The molecule has 0 aliphatic heterocycles. The van der Waals surface area contributed by atoms with Gasteiger partial charge in [0.2, 0.25) is 0 Å². The first-order chi connectivity index (χ1) is 14.1. The minimum absolute atomic E-state index is 0.312. The molecule has 0 N–H and O–H groups in total. The predicted octanol–water partition coefficient (Wildman–Crippen LogP) is 6.94. The van der Waals surface area contributed by atoms with Gasteiger partial charge in [0, 0.05) is 22.9 Å². The zero-order chi connectivity index (χ0) is 20.3. The summed E-state index contributed by atoms with van der Waals surface area (Å²) in [5.41, 5.74) is 2.29. The van der Waals surface area contributed by atoms with Gasteiger partial charge in [-0.3, -0.25) is 0 Å². The van der Waals surface area contributed by atoms with Crippen LogP contribution in [0.15, 0.2) is 71.9 Å². The second kappa shape index (κ2) is 8.66. The summed E-state index contributed by atoms with van der Waals surface area (Å²) in [4.78, 5) is 4.39. The molecule has 1 heterocycles. The molecular formula is C25H25F2NS. The first-order valence-electron chi connectivity index (χ1n) is 10.1. The van der Waals surface area contributed by atoms with E-state index in [9.17, 15) is 8.78 Å². The fourth-order valence-electron chi connectivity index (χ4n) is 4.42. The molecule has 1 nitrogen and oxygen atoms in total. The van der Waals surface area contributed by atoms with Crippen LogP contribution in [0.25, 0.3) is 0 Å². The van der Waals surface area contributed by atoms with Gasteiger partial charge in [-0.25, -0.2) is 13.8 Å². The Kier molecular flexibility index (Phi) is 6.00. The quantitative estimate of drug-likeness (QED) is 0.424. The molecule has 4 heteroatoms. The largest absolute Gasteiger partial charge is 0.250 e. The van der Waals surface area contributed by atoms with Crippen LogP contribution in [-0.4, -0.2) is 10.7 Å². The molecule has 0 amide bonds. The van der Waals surface area contributed by atoms with Crippen LogP contribution in [0.2, 0.25) is 0 Å². The van der Waals surface area contributed by atoms with Crippen molar-refractivity contribution in [1.82, 2.24) is 4.98 Å². The van der Waals surface area contributed by atoms with Crippen molar-refractivity contribution in [3.63, 3.8) is 0 Å². The van der Waals surface area contributed by atoms with E-state index in [0.29, 0.717) is 11.5 Å². The summed E-state index contributed by atoms with van der Waals surface area (Å²) in [6.07, 6.45) is 5.44. The molecule has 0 bridgehead atoms. The van der Waals surface area contributed by atoms with Gasteiger partial charge < -0.3 is 0 Å². The van der Waals surface area contributed by atoms with Gasteiger partial charge in [0.15, 0.2) is 0 Å². The predicted molar refractivity (Wildman–Crippen MR) is 115 cm³/mol. The topological polar surface area (TPSA) is 12.9 Å². The summed E-state index contributed by atoms with van der Waals surface area (Å²) < 4.78 is 28.9. The normalized spacial score (nSPS) is 21.8. The Bertz CT molecular complexity index is 948. The summed E-state index contributed by atoms with van der Waals surface area (Å²) in [5.74, 6) is 0.873. The molecule has 2 aromatic carbocycles. The molecule has 1 fully saturated rings. The van der Waals surface area contributed by atoms with Gasteiger partial charge in [0.1, 0.15) is 11.6 Å². The van der Waals surface area contributed by atoms with Crippen LogP contribution in [0.5, 0.6) is 0 Å². The molecule has 1 aliphatic carbocycles.